The monoisotopic (exact) mass is 349 g/mol. The SMILES string of the molecule is CCc1ccc(C(=O)NC2c3ccccc3CC2Br)s1. The molecule has 1 heterocycles. The summed E-state index contributed by atoms with van der Waals surface area (Å²) in [6.45, 7) is 2.11. The quantitative estimate of drug-likeness (QED) is 0.830. The molecule has 2 unspecified atom stereocenters. The van der Waals surface area contributed by atoms with Crippen LogP contribution in [0.3, 0.4) is 0 Å². The minimum atomic E-state index is 0.0286. The van der Waals surface area contributed by atoms with E-state index in [1.807, 2.05) is 18.2 Å². The van der Waals surface area contributed by atoms with Crippen molar-refractivity contribution in [2.75, 3.05) is 0 Å². The van der Waals surface area contributed by atoms with Crippen molar-refractivity contribution < 1.29 is 4.79 Å². The van der Waals surface area contributed by atoms with Gasteiger partial charge < -0.3 is 5.32 Å². The first kappa shape index (κ1) is 13.8. The Balaban J connectivity index is 1.79. The third-order valence-electron chi connectivity index (χ3n) is 3.69. The van der Waals surface area contributed by atoms with Crippen LogP contribution < -0.4 is 5.32 Å². The highest BCUT2D eigenvalue weighted by molar-refractivity contribution is 9.09. The fourth-order valence-corrected chi connectivity index (χ4v) is 4.23. The van der Waals surface area contributed by atoms with Gasteiger partial charge in [-0.05, 0) is 36.1 Å². The van der Waals surface area contributed by atoms with Gasteiger partial charge in [0.1, 0.15) is 0 Å². The third kappa shape index (κ3) is 2.54. The normalized spacial score (nSPS) is 20.7. The maximum Gasteiger partial charge on any atom is 0.261 e. The van der Waals surface area contributed by atoms with Crippen molar-refractivity contribution in [1.29, 1.82) is 0 Å². The van der Waals surface area contributed by atoms with Crippen LogP contribution in [-0.4, -0.2) is 10.7 Å². The zero-order chi connectivity index (χ0) is 14.1. The Morgan fingerprint density at radius 3 is 2.90 bits per heavy atom. The highest BCUT2D eigenvalue weighted by Gasteiger charge is 2.31. The number of amides is 1. The van der Waals surface area contributed by atoms with Gasteiger partial charge in [-0.1, -0.05) is 47.1 Å². The van der Waals surface area contributed by atoms with Gasteiger partial charge in [-0.2, -0.15) is 0 Å². The Hall–Kier alpha value is -1.13. The first-order valence-corrected chi connectivity index (χ1v) is 8.53. The molecule has 0 spiro atoms. The topological polar surface area (TPSA) is 29.1 Å². The van der Waals surface area contributed by atoms with Crippen LogP contribution in [0.5, 0.6) is 0 Å². The number of carbonyl (C=O) groups excluding carboxylic acids is 1. The van der Waals surface area contributed by atoms with Crippen LogP contribution in [0.25, 0.3) is 0 Å². The number of thiophene rings is 1. The summed E-state index contributed by atoms with van der Waals surface area (Å²) < 4.78 is 0. The minimum absolute atomic E-state index is 0.0286. The molecule has 0 aliphatic heterocycles. The van der Waals surface area contributed by atoms with Crippen LogP contribution in [0.2, 0.25) is 0 Å². The second-order valence-electron chi connectivity index (χ2n) is 4.99. The molecule has 1 amide bonds. The van der Waals surface area contributed by atoms with Gasteiger partial charge in [0.2, 0.25) is 0 Å². The number of fused-ring (bicyclic) bond motifs is 1. The van der Waals surface area contributed by atoms with Crippen LogP contribution in [0.4, 0.5) is 0 Å². The molecule has 0 radical (unpaired) electrons. The Kier molecular flexibility index (Phi) is 3.94. The van der Waals surface area contributed by atoms with E-state index in [9.17, 15) is 4.79 Å². The smallest absolute Gasteiger partial charge is 0.261 e. The highest BCUT2D eigenvalue weighted by Crippen LogP contribution is 2.36. The lowest BCUT2D eigenvalue weighted by molar-refractivity contribution is 0.0942. The average Bonchev–Trinajstić information content (AvgIpc) is 3.04. The zero-order valence-corrected chi connectivity index (χ0v) is 13.6. The zero-order valence-electron chi connectivity index (χ0n) is 11.2. The lowest BCUT2D eigenvalue weighted by atomic mass is 10.1. The van der Waals surface area contributed by atoms with Crippen molar-refractivity contribution in [2.45, 2.75) is 30.6 Å². The maximum absolute atomic E-state index is 12.4. The number of benzene rings is 1. The van der Waals surface area contributed by atoms with Gasteiger partial charge in [0.15, 0.2) is 0 Å². The Labute approximate surface area is 131 Å². The molecule has 0 fully saturated rings. The number of aryl methyl sites for hydroxylation is 1. The molecule has 2 atom stereocenters. The van der Waals surface area contributed by atoms with Gasteiger partial charge in [0.05, 0.1) is 10.9 Å². The summed E-state index contributed by atoms with van der Waals surface area (Å²) in [5.41, 5.74) is 2.55. The standard InChI is InChI=1S/C16H16BrNOS/c1-2-11-7-8-14(20-11)16(19)18-15-12-6-4-3-5-10(12)9-13(15)17/h3-8,13,15H,2,9H2,1H3,(H,18,19). The van der Waals surface area contributed by atoms with Gasteiger partial charge >= 0.3 is 0 Å². The number of alkyl halides is 1. The second-order valence-corrected chi connectivity index (χ2v) is 7.33. The molecule has 104 valence electrons. The van der Waals surface area contributed by atoms with Gasteiger partial charge in [-0.15, -0.1) is 11.3 Å². The van der Waals surface area contributed by atoms with E-state index in [1.165, 1.54) is 16.0 Å². The fourth-order valence-electron chi connectivity index (χ4n) is 2.62. The first-order valence-electron chi connectivity index (χ1n) is 6.80. The predicted octanol–water partition coefficient (Wildman–Crippen LogP) is 4.10. The van der Waals surface area contributed by atoms with Crippen LogP contribution in [0, 0.1) is 0 Å². The summed E-state index contributed by atoms with van der Waals surface area (Å²) in [5, 5.41) is 3.16. The third-order valence-corrected chi connectivity index (χ3v) is 5.77. The molecular formula is C16H16BrNOS. The summed E-state index contributed by atoms with van der Waals surface area (Å²) in [5.74, 6) is 0.0286. The predicted molar refractivity (Wildman–Crippen MR) is 86.8 cm³/mol. The van der Waals surface area contributed by atoms with E-state index in [0.717, 1.165) is 17.7 Å². The molecule has 1 aliphatic carbocycles. The lowest BCUT2D eigenvalue weighted by Gasteiger charge is -2.17. The molecule has 0 saturated carbocycles. The van der Waals surface area contributed by atoms with Gasteiger partial charge in [-0.3, -0.25) is 4.79 Å². The molecule has 1 aromatic carbocycles. The minimum Gasteiger partial charge on any atom is -0.343 e. The number of carbonyl (C=O) groups is 1. The van der Waals surface area contributed by atoms with E-state index in [0.29, 0.717) is 0 Å². The summed E-state index contributed by atoms with van der Waals surface area (Å²) >= 11 is 5.27. The average molecular weight is 350 g/mol. The molecule has 0 saturated heterocycles. The van der Waals surface area contributed by atoms with Crippen molar-refractivity contribution in [1.82, 2.24) is 5.32 Å². The maximum atomic E-state index is 12.4. The van der Waals surface area contributed by atoms with Crippen LogP contribution in [-0.2, 0) is 12.8 Å². The summed E-state index contributed by atoms with van der Waals surface area (Å²) in [7, 11) is 0. The summed E-state index contributed by atoms with van der Waals surface area (Å²) in [4.78, 5) is 14.7. The number of halogens is 1. The van der Waals surface area contributed by atoms with Gasteiger partial charge in [0.25, 0.3) is 5.91 Å². The van der Waals surface area contributed by atoms with Crippen LogP contribution >= 0.6 is 27.3 Å². The number of hydrogen-bond acceptors (Lipinski definition) is 2. The fraction of sp³-hybridized carbons (Fsp3) is 0.312. The Bertz CT molecular complexity index is 637. The van der Waals surface area contributed by atoms with E-state index in [4.69, 9.17) is 0 Å². The number of rotatable bonds is 3. The van der Waals surface area contributed by atoms with Crippen LogP contribution in [0.15, 0.2) is 36.4 Å². The lowest BCUT2D eigenvalue weighted by Crippen LogP contribution is -2.31. The molecule has 1 aromatic heterocycles. The van der Waals surface area contributed by atoms with E-state index < -0.39 is 0 Å². The largest absolute Gasteiger partial charge is 0.343 e. The molecule has 0 bridgehead atoms. The molecule has 1 N–H and O–H groups in total. The van der Waals surface area contributed by atoms with E-state index in [1.54, 1.807) is 11.3 Å². The Morgan fingerprint density at radius 1 is 1.35 bits per heavy atom. The summed E-state index contributed by atoms with van der Waals surface area (Å²) in [6, 6.07) is 12.3. The summed E-state index contributed by atoms with van der Waals surface area (Å²) in [6.07, 6.45) is 1.94. The number of hydrogen-bond donors (Lipinski definition) is 1. The second kappa shape index (κ2) is 5.70. The van der Waals surface area contributed by atoms with Crippen molar-refractivity contribution in [3.8, 4) is 0 Å². The molecule has 3 rings (SSSR count). The van der Waals surface area contributed by atoms with Crippen molar-refractivity contribution in [2.24, 2.45) is 0 Å². The molecule has 2 aromatic rings. The van der Waals surface area contributed by atoms with Crippen molar-refractivity contribution in [3.05, 3.63) is 57.3 Å². The van der Waals surface area contributed by atoms with Gasteiger partial charge in [-0.25, -0.2) is 0 Å². The van der Waals surface area contributed by atoms with Crippen LogP contribution in [0.1, 0.15) is 38.6 Å². The Morgan fingerprint density at radius 2 is 2.15 bits per heavy atom. The van der Waals surface area contributed by atoms with Crippen molar-refractivity contribution >= 4 is 33.2 Å². The van der Waals surface area contributed by atoms with Crippen molar-refractivity contribution in [3.63, 3.8) is 0 Å². The molecule has 2 nitrogen and oxygen atoms in total. The molecule has 1 aliphatic rings. The molecule has 20 heavy (non-hydrogen) atoms. The van der Waals surface area contributed by atoms with E-state index >= 15 is 0 Å². The molecular weight excluding hydrogens is 334 g/mol. The van der Waals surface area contributed by atoms with E-state index in [-0.39, 0.29) is 16.8 Å². The number of nitrogens with one attached hydrogen (secondary N) is 1. The van der Waals surface area contributed by atoms with Gasteiger partial charge in [0, 0.05) is 9.70 Å². The highest BCUT2D eigenvalue weighted by atomic mass is 79.9. The first-order chi connectivity index (χ1) is 9.69. The van der Waals surface area contributed by atoms with E-state index in [2.05, 4.69) is 46.4 Å². The molecule has 4 heteroatoms.